The standard InChI is InChI=1S/C19H27NO5/c1-12(2)13-7-6-8-14(9-13)24-15-10-16(17(21)22)20(11-15)18(23)25-19(3,4)5/h6-9,12,15-16H,10-11H2,1-5H3,(H,21,22). The van der Waals surface area contributed by atoms with E-state index < -0.39 is 23.7 Å². The zero-order valence-electron chi connectivity index (χ0n) is 15.5. The number of hydrogen-bond donors (Lipinski definition) is 1. The van der Waals surface area contributed by atoms with Crippen molar-refractivity contribution in [2.45, 2.75) is 64.7 Å². The Morgan fingerprint density at radius 1 is 1.28 bits per heavy atom. The molecule has 1 aliphatic heterocycles. The smallest absolute Gasteiger partial charge is 0.411 e. The highest BCUT2D eigenvalue weighted by Gasteiger charge is 2.42. The van der Waals surface area contributed by atoms with Crippen LogP contribution in [0, 0.1) is 0 Å². The topological polar surface area (TPSA) is 76.1 Å². The quantitative estimate of drug-likeness (QED) is 0.898. The Labute approximate surface area is 148 Å². The van der Waals surface area contributed by atoms with Crippen LogP contribution < -0.4 is 4.74 Å². The maximum atomic E-state index is 12.3. The summed E-state index contributed by atoms with van der Waals surface area (Å²) in [5.41, 5.74) is 0.472. The van der Waals surface area contributed by atoms with Gasteiger partial charge in [-0.2, -0.15) is 0 Å². The zero-order chi connectivity index (χ0) is 18.8. The molecule has 2 atom stereocenters. The number of aliphatic carboxylic acids is 1. The van der Waals surface area contributed by atoms with Crippen molar-refractivity contribution in [1.82, 2.24) is 4.90 Å². The van der Waals surface area contributed by atoms with Gasteiger partial charge in [0.15, 0.2) is 0 Å². The molecule has 2 unspecified atom stereocenters. The molecule has 1 aromatic rings. The summed E-state index contributed by atoms with van der Waals surface area (Å²) in [7, 11) is 0. The number of nitrogens with zero attached hydrogens (tertiary/aromatic N) is 1. The van der Waals surface area contributed by atoms with Gasteiger partial charge in [-0.1, -0.05) is 26.0 Å². The lowest BCUT2D eigenvalue weighted by Gasteiger charge is -2.26. The van der Waals surface area contributed by atoms with Crippen molar-refractivity contribution in [2.24, 2.45) is 0 Å². The minimum atomic E-state index is -1.05. The van der Waals surface area contributed by atoms with Gasteiger partial charge in [0, 0.05) is 6.42 Å². The molecule has 0 aromatic heterocycles. The lowest BCUT2D eigenvalue weighted by atomic mass is 10.0. The molecule has 0 aliphatic carbocycles. The number of amides is 1. The number of rotatable bonds is 4. The van der Waals surface area contributed by atoms with E-state index in [0.29, 0.717) is 11.7 Å². The number of carbonyl (C=O) groups is 2. The van der Waals surface area contributed by atoms with Crippen LogP contribution in [0.3, 0.4) is 0 Å². The fourth-order valence-electron chi connectivity index (χ4n) is 2.78. The van der Waals surface area contributed by atoms with E-state index in [-0.39, 0.29) is 19.1 Å². The number of hydrogen-bond acceptors (Lipinski definition) is 4. The lowest BCUT2D eigenvalue weighted by Crippen LogP contribution is -2.43. The number of likely N-dealkylation sites (tertiary alicyclic amines) is 1. The molecule has 1 heterocycles. The monoisotopic (exact) mass is 349 g/mol. The number of ether oxygens (including phenoxy) is 2. The molecule has 0 spiro atoms. The first kappa shape index (κ1) is 19.1. The maximum absolute atomic E-state index is 12.3. The van der Waals surface area contributed by atoms with E-state index in [9.17, 15) is 14.7 Å². The Hall–Kier alpha value is -2.24. The van der Waals surface area contributed by atoms with Gasteiger partial charge in [0.05, 0.1) is 6.54 Å². The van der Waals surface area contributed by atoms with Crippen molar-refractivity contribution in [1.29, 1.82) is 0 Å². The molecule has 1 aliphatic rings. The third-order valence-electron chi connectivity index (χ3n) is 4.00. The third-order valence-corrected chi connectivity index (χ3v) is 4.00. The summed E-state index contributed by atoms with van der Waals surface area (Å²) in [6.07, 6.45) is -0.765. The molecule has 1 saturated heterocycles. The van der Waals surface area contributed by atoms with E-state index in [1.54, 1.807) is 20.8 Å². The SMILES string of the molecule is CC(C)c1cccc(OC2CC(C(=O)O)N(C(=O)OC(C)(C)C)C2)c1. The van der Waals surface area contributed by atoms with Gasteiger partial charge < -0.3 is 14.6 Å². The van der Waals surface area contributed by atoms with Crippen LogP contribution in [0.5, 0.6) is 5.75 Å². The van der Waals surface area contributed by atoms with E-state index in [4.69, 9.17) is 9.47 Å². The van der Waals surface area contributed by atoms with Crippen LogP contribution in [-0.4, -0.2) is 46.4 Å². The Morgan fingerprint density at radius 2 is 1.96 bits per heavy atom. The van der Waals surface area contributed by atoms with E-state index in [2.05, 4.69) is 13.8 Å². The Kier molecular flexibility index (Phi) is 5.60. The molecule has 0 bridgehead atoms. The first-order valence-corrected chi connectivity index (χ1v) is 8.56. The van der Waals surface area contributed by atoms with Crippen molar-refractivity contribution in [2.75, 3.05) is 6.54 Å². The molecule has 0 saturated carbocycles. The van der Waals surface area contributed by atoms with Crippen LogP contribution in [0.2, 0.25) is 0 Å². The Morgan fingerprint density at radius 3 is 2.52 bits per heavy atom. The van der Waals surface area contributed by atoms with Gasteiger partial charge in [-0.05, 0) is 44.4 Å². The predicted molar refractivity (Wildman–Crippen MR) is 93.9 cm³/mol. The Bertz CT molecular complexity index is 635. The molecule has 1 amide bonds. The number of carboxylic acids is 1. The molecule has 1 fully saturated rings. The first-order chi connectivity index (χ1) is 11.6. The largest absolute Gasteiger partial charge is 0.488 e. The predicted octanol–water partition coefficient (Wildman–Crippen LogP) is 3.65. The van der Waals surface area contributed by atoms with Crippen molar-refractivity contribution >= 4 is 12.1 Å². The Balaban J connectivity index is 2.10. The average Bonchev–Trinajstić information content (AvgIpc) is 2.90. The number of benzene rings is 1. The minimum Gasteiger partial charge on any atom is -0.488 e. The van der Waals surface area contributed by atoms with Gasteiger partial charge in [-0.15, -0.1) is 0 Å². The molecule has 6 heteroatoms. The zero-order valence-corrected chi connectivity index (χ0v) is 15.5. The van der Waals surface area contributed by atoms with E-state index in [0.717, 1.165) is 5.56 Å². The number of carboxylic acid groups (broad SMARTS) is 1. The second kappa shape index (κ2) is 7.33. The fourth-order valence-corrected chi connectivity index (χ4v) is 2.78. The second-order valence-corrected chi connectivity index (χ2v) is 7.69. The molecular weight excluding hydrogens is 322 g/mol. The average molecular weight is 349 g/mol. The van der Waals surface area contributed by atoms with Gasteiger partial charge in [0.25, 0.3) is 0 Å². The summed E-state index contributed by atoms with van der Waals surface area (Å²) in [6, 6.07) is 6.81. The molecule has 1 N–H and O–H groups in total. The van der Waals surface area contributed by atoms with E-state index >= 15 is 0 Å². The highest BCUT2D eigenvalue weighted by Crippen LogP contribution is 2.27. The van der Waals surface area contributed by atoms with Crippen LogP contribution in [0.25, 0.3) is 0 Å². The van der Waals surface area contributed by atoms with Gasteiger partial charge in [-0.25, -0.2) is 9.59 Å². The van der Waals surface area contributed by atoms with Gasteiger partial charge in [0.2, 0.25) is 0 Å². The second-order valence-electron chi connectivity index (χ2n) is 7.69. The molecule has 25 heavy (non-hydrogen) atoms. The maximum Gasteiger partial charge on any atom is 0.411 e. The van der Waals surface area contributed by atoms with E-state index in [1.807, 2.05) is 24.3 Å². The van der Waals surface area contributed by atoms with Crippen molar-refractivity contribution < 1.29 is 24.2 Å². The highest BCUT2D eigenvalue weighted by atomic mass is 16.6. The van der Waals surface area contributed by atoms with Crippen LogP contribution in [0.1, 0.15) is 52.5 Å². The molecule has 1 aromatic carbocycles. The first-order valence-electron chi connectivity index (χ1n) is 8.56. The lowest BCUT2D eigenvalue weighted by molar-refractivity contribution is -0.142. The van der Waals surface area contributed by atoms with Crippen molar-refractivity contribution in [3.63, 3.8) is 0 Å². The molecule has 2 rings (SSSR count). The normalized spacial score (nSPS) is 20.6. The van der Waals surface area contributed by atoms with Gasteiger partial charge in [-0.3, -0.25) is 4.90 Å². The van der Waals surface area contributed by atoms with Crippen LogP contribution in [0.4, 0.5) is 4.79 Å². The molecule has 0 radical (unpaired) electrons. The van der Waals surface area contributed by atoms with Crippen LogP contribution in [-0.2, 0) is 9.53 Å². The third kappa shape index (κ3) is 5.11. The summed E-state index contributed by atoms with van der Waals surface area (Å²) >= 11 is 0. The molecule has 138 valence electrons. The van der Waals surface area contributed by atoms with E-state index in [1.165, 1.54) is 4.90 Å². The van der Waals surface area contributed by atoms with Gasteiger partial charge >= 0.3 is 12.1 Å². The minimum absolute atomic E-state index is 0.192. The fraction of sp³-hybridized carbons (Fsp3) is 0.579. The summed E-state index contributed by atoms with van der Waals surface area (Å²) in [4.78, 5) is 25.1. The molecular formula is C19H27NO5. The van der Waals surface area contributed by atoms with Crippen LogP contribution in [0.15, 0.2) is 24.3 Å². The van der Waals surface area contributed by atoms with Crippen molar-refractivity contribution in [3.05, 3.63) is 29.8 Å². The summed E-state index contributed by atoms with van der Waals surface area (Å²) in [5.74, 6) is 0.0106. The van der Waals surface area contributed by atoms with Crippen molar-refractivity contribution in [3.8, 4) is 5.75 Å². The number of carbonyl (C=O) groups excluding carboxylic acids is 1. The van der Waals surface area contributed by atoms with Crippen LogP contribution >= 0.6 is 0 Å². The summed E-state index contributed by atoms with van der Waals surface area (Å²) in [6.45, 7) is 9.64. The molecule has 6 nitrogen and oxygen atoms in total. The van der Waals surface area contributed by atoms with Gasteiger partial charge in [0.1, 0.15) is 23.5 Å². The summed E-state index contributed by atoms with van der Waals surface area (Å²) < 4.78 is 11.3. The summed E-state index contributed by atoms with van der Waals surface area (Å²) in [5, 5.41) is 9.43. The highest BCUT2D eigenvalue weighted by molar-refractivity contribution is 5.81.